The predicted octanol–water partition coefficient (Wildman–Crippen LogP) is 17.1. The standard InChI is InChI=1S/C11H6F11O4P.C10H6F9O4P.C9H6F7O4P.C8H6F5O4P.C7H10F3O4P/c1-3-5-24-27(23,25-6-4-2)26-11(21,22)9(16,17)7(12,13)8(14,15)10(18,19)20;1-3-5-21-24(20,22-6-4-2)23-10(18,19)8(13,14)7(11,12)9(15,16)17;1-3-5-18-21(17,19-6-4-2)20-9(15,16)7(10,11)8(12,13)14;1-3-5-15-18(14,16-6-4-2)17-8(12,13)7(9,10)11;1-3-5-12-15(11,13-6-4-2)14-7(8,9)10/h1-2H,5-6H2;1-2H,5-6H2;1-2H,5-6H2;1-2H,5-6H2;3-4H,1-2,5-6H2. The van der Waals surface area contributed by atoms with E-state index < -0.39 is 183 Å². The minimum absolute atomic E-state index is 0.384. The fourth-order valence-electron chi connectivity index (χ4n) is 3.66. The van der Waals surface area contributed by atoms with Gasteiger partial charge >= 0.3 is 130 Å². The summed E-state index contributed by atoms with van der Waals surface area (Å²) in [6.07, 6.45) is -18.8. The number of halogens is 35. The van der Waals surface area contributed by atoms with Crippen LogP contribution in [0, 0.1) is 98.8 Å². The van der Waals surface area contributed by atoms with Crippen molar-refractivity contribution >= 4 is 39.1 Å². The van der Waals surface area contributed by atoms with Gasteiger partial charge in [0.15, 0.2) is 0 Å². The van der Waals surface area contributed by atoms with Gasteiger partial charge in [-0.05, 0) is 0 Å². The SMILES string of the molecule is C#CCOP(=O)(OCC#C)OC(F)(F)C(F)(F)C(F)(F)C(F)(F)C(F)(F)F.C#CCOP(=O)(OCC#C)OC(F)(F)C(F)(F)C(F)(F)C(F)(F)F.C#CCOP(=O)(OCC#C)OC(F)(F)C(F)(F)C(F)(F)F.C#CCOP(=O)(OCC#C)OC(F)(F)C(F)(F)F.C=CCOP(=O)(OCC=C)OC(F)(F)F. The van der Waals surface area contributed by atoms with Crippen molar-refractivity contribution in [2.45, 2.75) is 91.0 Å². The first kappa shape index (κ1) is 108. The fourth-order valence-corrected chi connectivity index (χ4v) is 8.83. The second-order valence-corrected chi connectivity index (χ2v) is 23.6. The Morgan fingerprint density at radius 1 is 0.238 bits per heavy atom. The van der Waals surface area contributed by atoms with Gasteiger partial charge in [-0.25, -0.2) is 40.9 Å². The molecule has 0 aliphatic carbocycles. The summed E-state index contributed by atoms with van der Waals surface area (Å²) < 4.78 is 548. The maximum atomic E-state index is 13.4. The van der Waals surface area contributed by atoms with Crippen LogP contribution < -0.4 is 0 Å². The summed E-state index contributed by atoms with van der Waals surface area (Å²) in [7, 11) is -27.2. The first-order valence-corrected chi connectivity index (χ1v) is 30.7. The van der Waals surface area contributed by atoms with Gasteiger partial charge < -0.3 is 0 Å². The zero-order valence-corrected chi connectivity index (χ0v) is 53.9. The molecule has 0 aliphatic rings. The lowest BCUT2D eigenvalue weighted by molar-refractivity contribution is -0.446. The van der Waals surface area contributed by atoms with Crippen LogP contribution in [0.3, 0.4) is 0 Å². The van der Waals surface area contributed by atoms with Crippen molar-refractivity contribution in [2.75, 3.05) is 66.1 Å². The summed E-state index contributed by atoms with van der Waals surface area (Å²) in [5.41, 5.74) is 0. The summed E-state index contributed by atoms with van der Waals surface area (Å²) in [6, 6.07) is 0. The molecule has 0 unspecified atom stereocenters. The zero-order chi connectivity index (χ0) is 84.7. The molecule has 0 aliphatic heterocycles. The molecule has 0 aromatic heterocycles. The number of phosphoric acid groups is 5. The third kappa shape index (κ3) is 33.6. The van der Waals surface area contributed by atoms with Crippen LogP contribution in [-0.2, 0) is 90.7 Å². The molecule has 0 saturated heterocycles. The third-order valence-corrected chi connectivity index (χ3v) is 14.7. The smallest absolute Gasteiger partial charge is 0.283 e. The average molecular weight is 1710 g/mol. The van der Waals surface area contributed by atoms with E-state index in [1.54, 1.807) is 23.7 Å². The molecule has 0 N–H and O–H groups in total. The summed E-state index contributed by atoms with van der Waals surface area (Å²) in [5, 5.41) is 0. The van der Waals surface area contributed by atoms with E-state index in [-0.39, 0.29) is 13.2 Å². The van der Waals surface area contributed by atoms with Crippen LogP contribution in [0.2, 0.25) is 0 Å². The topological polar surface area (TPSA) is 224 Å². The number of rotatable bonds is 37. The highest BCUT2D eigenvalue weighted by molar-refractivity contribution is 7.49. The molecule has 0 saturated carbocycles. The molecule has 105 heavy (non-hydrogen) atoms. The van der Waals surface area contributed by atoms with Crippen molar-refractivity contribution in [1.29, 1.82) is 0 Å². The summed E-state index contributed by atoms with van der Waals surface area (Å²) >= 11 is 0. The summed E-state index contributed by atoms with van der Waals surface area (Å²) in [6.45, 7) is -3.09. The van der Waals surface area contributed by atoms with Crippen molar-refractivity contribution in [3.63, 3.8) is 0 Å². The molecule has 0 rings (SSSR count). The Balaban J connectivity index is -0.000000402. The molecule has 0 heterocycles. The first-order valence-electron chi connectivity index (χ1n) is 23.4. The molecule has 0 spiro atoms. The molecule has 0 radical (unpaired) electrons. The van der Waals surface area contributed by atoms with E-state index in [1.165, 1.54) is 23.7 Å². The van der Waals surface area contributed by atoms with Crippen LogP contribution in [-0.4, -0.2) is 157 Å². The van der Waals surface area contributed by atoms with Crippen LogP contribution >= 0.6 is 39.1 Å². The van der Waals surface area contributed by atoms with Crippen LogP contribution in [0.4, 0.5) is 154 Å². The van der Waals surface area contributed by atoms with Crippen molar-refractivity contribution in [3.05, 3.63) is 25.3 Å². The molecule has 60 heteroatoms. The Bertz CT molecular complexity index is 3280. The summed E-state index contributed by atoms with van der Waals surface area (Å²) in [4.78, 5) is 0. The van der Waals surface area contributed by atoms with Gasteiger partial charge in [-0.15, -0.1) is 77.7 Å². The second kappa shape index (κ2) is 41.6. The average Bonchev–Trinajstić information content (AvgIpc) is 0.727. The number of hydrogen-bond acceptors (Lipinski definition) is 20. The molecular formula is C45H34F35O20P5. The van der Waals surface area contributed by atoms with E-state index in [4.69, 9.17) is 0 Å². The third-order valence-electron chi connectivity index (χ3n) is 7.95. The molecule has 0 atom stereocenters. The van der Waals surface area contributed by atoms with E-state index in [0.29, 0.717) is 0 Å². The first-order chi connectivity index (χ1) is 46.6. The maximum Gasteiger partial charge on any atom is 0.531 e. The highest BCUT2D eigenvalue weighted by Crippen LogP contribution is 2.65. The Hall–Kier alpha value is -5.94. The Kier molecular flexibility index (Phi) is 42.6. The van der Waals surface area contributed by atoms with Gasteiger partial charge in [-0.1, -0.05) is 59.5 Å². The highest BCUT2D eigenvalue weighted by atomic mass is 31.2. The molecule has 0 bridgehead atoms. The molecule has 0 aromatic carbocycles. The van der Waals surface area contributed by atoms with Crippen LogP contribution in [0.15, 0.2) is 25.3 Å². The fraction of sp³-hybridized carbons (Fsp3) is 0.556. The van der Waals surface area contributed by atoms with E-state index in [9.17, 15) is 176 Å². The minimum Gasteiger partial charge on any atom is -0.283 e. The van der Waals surface area contributed by atoms with Crippen molar-refractivity contribution in [2.24, 2.45) is 0 Å². The van der Waals surface area contributed by atoms with Crippen LogP contribution in [0.25, 0.3) is 0 Å². The van der Waals surface area contributed by atoms with Crippen molar-refractivity contribution in [3.8, 4) is 98.8 Å². The van der Waals surface area contributed by atoms with E-state index in [2.05, 4.69) is 132 Å². The Morgan fingerprint density at radius 3 is 0.581 bits per heavy atom. The van der Waals surface area contributed by atoms with E-state index in [0.717, 1.165) is 12.2 Å². The monoisotopic (exact) mass is 1710 g/mol. The van der Waals surface area contributed by atoms with Gasteiger partial charge in [0.05, 0.1) is 13.2 Å². The van der Waals surface area contributed by atoms with Crippen LogP contribution in [0.5, 0.6) is 0 Å². The normalized spacial score (nSPS) is 13.7. The lowest BCUT2D eigenvalue weighted by atomic mass is 10.0. The van der Waals surface area contributed by atoms with E-state index in [1.807, 2.05) is 0 Å². The molecule has 0 amide bonds. The lowest BCUT2D eigenvalue weighted by Gasteiger charge is -2.37. The highest BCUT2D eigenvalue weighted by Gasteiger charge is 2.89. The summed E-state index contributed by atoms with van der Waals surface area (Å²) in [5.74, 6) is -31.6. The van der Waals surface area contributed by atoms with E-state index >= 15 is 0 Å². The van der Waals surface area contributed by atoms with Gasteiger partial charge in [0.2, 0.25) is 0 Å². The zero-order valence-electron chi connectivity index (χ0n) is 49.4. The Labute approximate surface area is 564 Å². The number of terminal acetylenes is 8. The molecule has 0 aromatic rings. The van der Waals surface area contributed by atoms with Crippen LogP contribution in [0.1, 0.15) is 0 Å². The van der Waals surface area contributed by atoms with Gasteiger partial charge in [-0.3, -0.25) is 45.2 Å². The van der Waals surface area contributed by atoms with Crippen molar-refractivity contribution < 1.29 is 244 Å². The number of phosphoric ester groups is 5. The van der Waals surface area contributed by atoms with Gasteiger partial charge in [0.1, 0.15) is 52.9 Å². The van der Waals surface area contributed by atoms with Crippen molar-refractivity contribution in [1.82, 2.24) is 0 Å². The number of hydrogen-bond donors (Lipinski definition) is 0. The maximum absolute atomic E-state index is 13.4. The van der Waals surface area contributed by atoms with Gasteiger partial charge in [0, 0.05) is 0 Å². The largest absolute Gasteiger partial charge is 0.531 e. The minimum atomic E-state index is -7.76. The predicted molar refractivity (Wildman–Crippen MR) is 274 cm³/mol. The molecule has 604 valence electrons. The molecule has 20 nitrogen and oxygen atoms in total. The molecular weight excluding hydrogens is 1680 g/mol. The van der Waals surface area contributed by atoms with Gasteiger partial charge in [0.25, 0.3) is 0 Å². The van der Waals surface area contributed by atoms with Gasteiger partial charge in [-0.2, -0.15) is 145 Å². The lowest BCUT2D eigenvalue weighted by Crippen LogP contribution is -2.66. The Morgan fingerprint density at radius 2 is 0.410 bits per heavy atom. The molecule has 0 fully saturated rings. The second-order valence-electron chi connectivity index (χ2n) is 15.6. The number of alkyl halides is 35. The quantitative estimate of drug-likeness (QED) is 0.0244.